The van der Waals surface area contributed by atoms with Crippen LogP contribution in [0.4, 0.5) is 5.13 Å². The van der Waals surface area contributed by atoms with E-state index in [0.29, 0.717) is 16.8 Å². The van der Waals surface area contributed by atoms with E-state index in [1.165, 1.54) is 11.5 Å². The standard InChI is InChI=1S/C10H17N9S2/c1-14-9(16-6-11)15-3-2-4-20-5-7-17-10(21-19-7)18-8(12)13/h2-5H2,1H3,(H2,14,15,16)(H4,12,13,17,18,19). The molecule has 0 saturated heterocycles. The van der Waals surface area contributed by atoms with E-state index in [2.05, 4.69) is 30.3 Å². The molecule has 0 spiro atoms. The van der Waals surface area contributed by atoms with Crippen molar-refractivity contribution in [2.24, 2.45) is 10.7 Å². The van der Waals surface area contributed by atoms with Crippen molar-refractivity contribution in [3.8, 4) is 6.19 Å². The third-order valence-corrected chi connectivity index (χ3v) is 3.80. The smallest absolute Gasteiger partial charge is 0.209 e. The molecule has 9 nitrogen and oxygen atoms in total. The van der Waals surface area contributed by atoms with E-state index in [4.69, 9.17) is 16.4 Å². The van der Waals surface area contributed by atoms with Crippen molar-refractivity contribution in [1.29, 1.82) is 10.7 Å². The molecule has 0 aromatic carbocycles. The lowest BCUT2D eigenvalue weighted by atomic mass is 10.5. The molecule has 0 aliphatic carbocycles. The van der Waals surface area contributed by atoms with Gasteiger partial charge in [0.15, 0.2) is 18.0 Å². The number of anilines is 1. The number of nitriles is 1. The molecule has 0 aliphatic rings. The highest BCUT2D eigenvalue weighted by molar-refractivity contribution is 7.98. The van der Waals surface area contributed by atoms with E-state index < -0.39 is 0 Å². The molecule has 0 bridgehead atoms. The van der Waals surface area contributed by atoms with Gasteiger partial charge in [-0.15, -0.1) is 0 Å². The number of thioether (sulfide) groups is 1. The quantitative estimate of drug-likeness (QED) is 0.156. The van der Waals surface area contributed by atoms with Crippen LogP contribution in [0.25, 0.3) is 0 Å². The van der Waals surface area contributed by atoms with Gasteiger partial charge in [-0.3, -0.25) is 15.7 Å². The lowest BCUT2D eigenvalue weighted by Gasteiger charge is -2.06. The van der Waals surface area contributed by atoms with Crippen LogP contribution in [0.3, 0.4) is 0 Å². The van der Waals surface area contributed by atoms with Crippen molar-refractivity contribution < 1.29 is 0 Å². The maximum absolute atomic E-state index is 8.47. The predicted molar refractivity (Wildman–Crippen MR) is 86.3 cm³/mol. The Labute approximate surface area is 131 Å². The molecular formula is C10H17N9S2. The summed E-state index contributed by atoms with van der Waals surface area (Å²) >= 11 is 2.90. The molecule has 0 amide bonds. The van der Waals surface area contributed by atoms with Crippen molar-refractivity contribution in [2.75, 3.05) is 24.7 Å². The van der Waals surface area contributed by atoms with Crippen molar-refractivity contribution in [3.63, 3.8) is 0 Å². The number of hydrogen-bond acceptors (Lipinski definition) is 7. The van der Waals surface area contributed by atoms with Gasteiger partial charge in [0, 0.05) is 25.1 Å². The van der Waals surface area contributed by atoms with Crippen LogP contribution in [0, 0.1) is 16.9 Å². The Hall–Kier alpha value is -2.06. The Bertz CT molecular complexity index is 519. The Kier molecular flexibility index (Phi) is 7.92. The van der Waals surface area contributed by atoms with E-state index >= 15 is 0 Å². The summed E-state index contributed by atoms with van der Waals surface area (Å²) in [6.45, 7) is 0.732. The molecule has 0 saturated carbocycles. The molecule has 0 unspecified atom stereocenters. The molecule has 21 heavy (non-hydrogen) atoms. The first kappa shape index (κ1) is 17.0. The lowest BCUT2D eigenvalue weighted by molar-refractivity contribution is 0.827. The van der Waals surface area contributed by atoms with Crippen LogP contribution in [-0.2, 0) is 5.75 Å². The Morgan fingerprint density at radius 3 is 3.10 bits per heavy atom. The molecule has 11 heteroatoms. The molecule has 1 aromatic heterocycles. The van der Waals surface area contributed by atoms with Crippen LogP contribution >= 0.6 is 23.3 Å². The fourth-order valence-corrected chi connectivity index (χ4v) is 2.74. The summed E-state index contributed by atoms with van der Waals surface area (Å²) in [6, 6.07) is 0. The molecule has 1 rings (SSSR count). The van der Waals surface area contributed by atoms with Crippen LogP contribution in [0.15, 0.2) is 4.99 Å². The molecule has 1 heterocycles. The number of rotatable bonds is 7. The maximum atomic E-state index is 8.47. The van der Waals surface area contributed by atoms with E-state index in [1.807, 2.05) is 6.19 Å². The van der Waals surface area contributed by atoms with Crippen LogP contribution in [-0.4, -0.2) is 40.6 Å². The van der Waals surface area contributed by atoms with E-state index in [-0.39, 0.29) is 5.96 Å². The molecular weight excluding hydrogens is 310 g/mol. The van der Waals surface area contributed by atoms with Crippen molar-refractivity contribution in [2.45, 2.75) is 12.2 Å². The van der Waals surface area contributed by atoms with Gasteiger partial charge in [0.05, 0.1) is 5.75 Å². The first-order chi connectivity index (χ1) is 10.2. The Balaban J connectivity index is 2.13. The summed E-state index contributed by atoms with van der Waals surface area (Å²) in [6.07, 6.45) is 2.74. The average Bonchev–Trinajstić information content (AvgIpc) is 2.88. The fourth-order valence-electron chi connectivity index (χ4n) is 1.26. The topological polar surface area (TPSA) is 148 Å². The second-order valence-electron chi connectivity index (χ2n) is 3.70. The first-order valence-corrected chi connectivity index (χ1v) is 7.95. The molecule has 114 valence electrons. The van der Waals surface area contributed by atoms with Gasteiger partial charge in [0.25, 0.3) is 0 Å². The van der Waals surface area contributed by atoms with Gasteiger partial charge in [0.2, 0.25) is 11.1 Å². The fraction of sp³-hybridized carbons (Fsp3) is 0.500. The van der Waals surface area contributed by atoms with Gasteiger partial charge in [-0.05, 0) is 12.2 Å². The minimum atomic E-state index is -0.143. The van der Waals surface area contributed by atoms with E-state index in [9.17, 15) is 0 Å². The molecule has 1 aromatic rings. The van der Waals surface area contributed by atoms with Gasteiger partial charge in [-0.25, -0.2) is 4.98 Å². The summed E-state index contributed by atoms with van der Waals surface area (Å²) in [7, 11) is 1.61. The number of guanidine groups is 2. The summed E-state index contributed by atoms with van der Waals surface area (Å²) in [4.78, 5) is 8.09. The lowest BCUT2D eigenvalue weighted by Crippen LogP contribution is -2.35. The zero-order chi connectivity index (χ0) is 15.5. The van der Waals surface area contributed by atoms with Crippen molar-refractivity contribution in [3.05, 3.63) is 5.82 Å². The molecule has 0 radical (unpaired) electrons. The van der Waals surface area contributed by atoms with Gasteiger partial charge in [-0.1, -0.05) is 0 Å². The summed E-state index contributed by atoms with van der Waals surface area (Å²) in [5.41, 5.74) is 5.21. The zero-order valence-corrected chi connectivity index (χ0v) is 13.1. The van der Waals surface area contributed by atoms with Gasteiger partial charge < -0.3 is 16.4 Å². The Morgan fingerprint density at radius 2 is 2.43 bits per heavy atom. The third-order valence-electron chi connectivity index (χ3n) is 2.10. The van der Waals surface area contributed by atoms with Gasteiger partial charge in [0.1, 0.15) is 0 Å². The second kappa shape index (κ2) is 9.78. The van der Waals surface area contributed by atoms with Gasteiger partial charge >= 0.3 is 0 Å². The number of nitrogens with zero attached hydrogens (tertiary/aromatic N) is 4. The molecule has 6 N–H and O–H groups in total. The number of aromatic nitrogens is 2. The highest BCUT2D eigenvalue weighted by Crippen LogP contribution is 2.15. The largest absolute Gasteiger partial charge is 0.370 e. The van der Waals surface area contributed by atoms with Crippen molar-refractivity contribution in [1.82, 2.24) is 20.0 Å². The monoisotopic (exact) mass is 327 g/mol. The number of hydrogen-bond donors (Lipinski definition) is 5. The summed E-state index contributed by atoms with van der Waals surface area (Å²) in [5, 5.41) is 24.2. The van der Waals surface area contributed by atoms with Crippen molar-refractivity contribution >= 4 is 40.3 Å². The third kappa shape index (κ3) is 7.33. The molecule has 0 atom stereocenters. The minimum Gasteiger partial charge on any atom is -0.370 e. The molecule has 0 fully saturated rings. The second-order valence-corrected chi connectivity index (χ2v) is 5.55. The average molecular weight is 327 g/mol. The maximum Gasteiger partial charge on any atom is 0.209 e. The highest BCUT2D eigenvalue weighted by Gasteiger charge is 2.04. The first-order valence-electron chi connectivity index (χ1n) is 6.03. The van der Waals surface area contributed by atoms with Crippen LogP contribution < -0.4 is 21.7 Å². The van der Waals surface area contributed by atoms with E-state index in [0.717, 1.165) is 24.5 Å². The predicted octanol–water partition coefficient (Wildman–Crippen LogP) is 0.113. The molecule has 0 aliphatic heterocycles. The summed E-state index contributed by atoms with van der Waals surface area (Å²) in [5.74, 6) is 2.70. The van der Waals surface area contributed by atoms with E-state index in [1.54, 1.807) is 18.8 Å². The number of aliphatic imine (C=N–C) groups is 1. The summed E-state index contributed by atoms with van der Waals surface area (Å²) < 4.78 is 4.17. The zero-order valence-electron chi connectivity index (χ0n) is 11.5. The van der Waals surface area contributed by atoms with Crippen LogP contribution in [0.1, 0.15) is 12.2 Å². The Morgan fingerprint density at radius 1 is 1.62 bits per heavy atom. The highest BCUT2D eigenvalue weighted by atomic mass is 32.2. The van der Waals surface area contributed by atoms with Gasteiger partial charge in [-0.2, -0.15) is 21.4 Å². The normalized spacial score (nSPS) is 10.8. The number of nitrogens with two attached hydrogens (primary N) is 1. The van der Waals surface area contributed by atoms with Crippen LogP contribution in [0.5, 0.6) is 0 Å². The minimum absolute atomic E-state index is 0.143. The SMILES string of the molecule is C/N=C(/NC#N)NCCCSCc1nsc(NC(=N)N)n1. The van der Waals surface area contributed by atoms with Crippen LogP contribution in [0.2, 0.25) is 0 Å². The number of nitrogens with one attached hydrogen (secondary N) is 4.